The summed E-state index contributed by atoms with van der Waals surface area (Å²) >= 11 is 1.54. The molecule has 0 N–H and O–H groups in total. The highest BCUT2D eigenvalue weighted by Crippen LogP contribution is 2.33. The SMILES string of the molecule is Cc1ccc(-c2csc(-c3cccc(N4C(=O)c5ccccc5C4=O)c3)n2)cc1. The van der Waals surface area contributed by atoms with Gasteiger partial charge in [0.05, 0.1) is 22.5 Å². The highest BCUT2D eigenvalue weighted by molar-refractivity contribution is 7.13. The van der Waals surface area contributed by atoms with Gasteiger partial charge in [0.25, 0.3) is 11.8 Å². The number of amides is 2. The number of fused-ring (bicyclic) bond motifs is 1. The van der Waals surface area contributed by atoms with Gasteiger partial charge in [-0.15, -0.1) is 11.3 Å². The van der Waals surface area contributed by atoms with Gasteiger partial charge in [-0.1, -0.05) is 54.1 Å². The van der Waals surface area contributed by atoms with E-state index in [1.807, 2.05) is 23.6 Å². The number of anilines is 1. The summed E-state index contributed by atoms with van der Waals surface area (Å²) in [6, 6.07) is 22.6. The summed E-state index contributed by atoms with van der Waals surface area (Å²) in [6.07, 6.45) is 0. The number of aryl methyl sites for hydroxylation is 1. The zero-order valence-corrected chi connectivity index (χ0v) is 16.4. The molecule has 2 heterocycles. The van der Waals surface area contributed by atoms with Crippen molar-refractivity contribution in [2.45, 2.75) is 6.92 Å². The maximum atomic E-state index is 12.8. The summed E-state index contributed by atoms with van der Waals surface area (Å²) in [5.41, 5.74) is 5.50. The third-order valence-corrected chi connectivity index (χ3v) is 5.89. The average Bonchev–Trinajstić information content (AvgIpc) is 3.33. The van der Waals surface area contributed by atoms with E-state index in [9.17, 15) is 9.59 Å². The summed E-state index contributed by atoms with van der Waals surface area (Å²) in [4.78, 5) is 31.5. The van der Waals surface area contributed by atoms with Crippen molar-refractivity contribution in [1.82, 2.24) is 4.98 Å². The molecule has 3 aromatic carbocycles. The van der Waals surface area contributed by atoms with Crippen LogP contribution in [-0.4, -0.2) is 16.8 Å². The lowest BCUT2D eigenvalue weighted by Crippen LogP contribution is -2.29. The smallest absolute Gasteiger partial charge is 0.266 e. The number of aromatic nitrogens is 1. The summed E-state index contributed by atoms with van der Waals surface area (Å²) in [5.74, 6) is -0.579. The zero-order valence-electron chi connectivity index (χ0n) is 15.6. The van der Waals surface area contributed by atoms with Gasteiger partial charge in [0.2, 0.25) is 0 Å². The molecule has 0 saturated carbocycles. The highest BCUT2D eigenvalue weighted by atomic mass is 32.1. The van der Waals surface area contributed by atoms with Crippen LogP contribution in [0.4, 0.5) is 5.69 Å². The molecule has 2 amide bonds. The molecule has 0 atom stereocenters. The maximum Gasteiger partial charge on any atom is 0.266 e. The van der Waals surface area contributed by atoms with Gasteiger partial charge >= 0.3 is 0 Å². The molecule has 0 aliphatic carbocycles. The number of nitrogens with zero attached hydrogens (tertiary/aromatic N) is 2. The Balaban J connectivity index is 1.49. The average molecular weight is 396 g/mol. The molecule has 1 aromatic heterocycles. The first-order valence-corrected chi connectivity index (χ1v) is 10.1. The van der Waals surface area contributed by atoms with Crippen molar-refractivity contribution in [3.05, 3.63) is 94.9 Å². The van der Waals surface area contributed by atoms with Crippen molar-refractivity contribution in [3.8, 4) is 21.8 Å². The van der Waals surface area contributed by atoms with Crippen molar-refractivity contribution in [2.75, 3.05) is 4.90 Å². The summed E-state index contributed by atoms with van der Waals surface area (Å²) in [6.45, 7) is 2.06. The fourth-order valence-corrected chi connectivity index (χ4v) is 4.29. The summed E-state index contributed by atoms with van der Waals surface area (Å²) in [5, 5.41) is 2.87. The number of rotatable bonds is 3. The fraction of sp³-hybridized carbons (Fsp3) is 0.0417. The van der Waals surface area contributed by atoms with Gasteiger partial charge in [-0.25, -0.2) is 9.88 Å². The van der Waals surface area contributed by atoms with Crippen LogP contribution in [0.25, 0.3) is 21.8 Å². The van der Waals surface area contributed by atoms with Gasteiger partial charge in [0.15, 0.2) is 0 Å². The number of carbonyl (C=O) groups excluding carboxylic acids is 2. The number of imide groups is 1. The highest BCUT2D eigenvalue weighted by Gasteiger charge is 2.36. The lowest BCUT2D eigenvalue weighted by molar-refractivity contribution is 0.0926. The van der Waals surface area contributed by atoms with E-state index in [1.54, 1.807) is 41.7 Å². The Labute approximate surface area is 172 Å². The number of hydrogen-bond donors (Lipinski definition) is 0. The van der Waals surface area contributed by atoms with Crippen molar-refractivity contribution >= 4 is 28.8 Å². The molecule has 5 heteroatoms. The largest absolute Gasteiger partial charge is 0.268 e. The Kier molecular flexibility index (Phi) is 4.11. The Bertz CT molecular complexity index is 1220. The Morgan fingerprint density at radius 1 is 0.793 bits per heavy atom. The normalized spacial score (nSPS) is 13.1. The van der Waals surface area contributed by atoms with E-state index in [2.05, 4.69) is 31.2 Å². The van der Waals surface area contributed by atoms with Crippen molar-refractivity contribution in [2.24, 2.45) is 0 Å². The minimum atomic E-state index is -0.290. The molecule has 140 valence electrons. The third kappa shape index (κ3) is 2.96. The molecule has 0 bridgehead atoms. The van der Waals surface area contributed by atoms with E-state index in [-0.39, 0.29) is 11.8 Å². The van der Waals surface area contributed by atoms with E-state index in [4.69, 9.17) is 4.98 Å². The van der Waals surface area contributed by atoms with Crippen LogP contribution in [-0.2, 0) is 0 Å². The topological polar surface area (TPSA) is 50.3 Å². The minimum absolute atomic E-state index is 0.290. The van der Waals surface area contributed by atoms with Crippen molar-refractivity contribution in [3.63, 3.8) is 0 Å². The van der Waals surface area contributed by atoms with Crippen LogP contribution < -0.4 is 4.90 Å². The van der Waals surface area contributed by atoms with Gasteiger partial charge in [-0.3, -0.25) is 9.59 Å². The lowest BCUT2D eigenvalue weighted by atomic mass is 10.1. The number of carbonyl (C=O) groups is 2. The molecule has 5 rings (SSSR count). The predicted octanol–water partition coefficient (Wildman–Crippen LogP) is 5.59. The van der Waals surface area contributed by atoms with Gasteiger partial charge in [0, 0.05) is 16.5 Å². The fourth-order valence-electron chi connectivity index (χ4n) is 3.47. The second kappa shape index (κ2) is 6.79. The molecule has 1 aliphatic heterocycles. The monoisotopic (exact) mass is 396 g/mol. The van der Waals surface area contributed by atoms with Crippen LogP contribution >= 0.6 is 11.3 Å². The molecule has 4 aromatic rings. The quantitative estimate of drug-likeness (QED) is 0.424. The van der Waals surface area contributed by atoms with E-state index >= 15 is 0 Å². The Morgan fingerprint density at radius 2 is 1.48 bits per heavy atom. The molecule has 0 fully saturated rings. The van der Waals surface area contributed by atoms with Crippen LogP contribution in [0, 0.1) is 6.92 Å². The molecular weight excluding hydrogens is 380 g/mol. The number of hydrogen-bond acceptors (Lipinski definition) is 4. The third-order valence-electron chi connectivity index (χ3n) is 5.00. The van der Waals surface area contributed by atoms with Gasteiger partial charge in [-0.2, -0.15) is 0 Å². The maximum absolute atomic E-state index is 12.8. The molecule has 0 spiro atoms. The molecular formula is C24H16N2O2S. The van der Waals surface area contributed by atoms with Crippen LogP contribution in [0.5, 0.6) is 0 Å². The standard InChI is InChI=1S/C24H16N2O2S/c1-15-9-11-16(12-10-15)21-14-29-22(25-21)17-5-4-6-18(13-17)26-23(27)19-7-2-3-8-20(19)24(26)28/h2-14H,1H3. The molecule has 1 aliphatic rings. The first kappa shape index (κ1) is 17.5. The van der Waals surface area contributed by atoms with E-state index in [0.29, 0.717) is 16.8 Å². The summed E-state index contributed by atoms with van der Waals surface area (Å²) in [7, 11) is 0. The molecule has 0 saturated heterocycles. The first-order chi connectivity index (χ1) is 14.1. The Hall–Kier alpha value is -3.57. The van der Waals surface area contributed by atoms with E-state index < -0.39 is 0 Å². The van der Waals surface area contributed by atoms with E-state index in [1.165, 1.54) is 10.5 Å². The Morgan fingerprint density at radius 3 is 2.17 bits per heavy atom. The van der Waals surface area contributed by atoms with Gasteiger partial charge < -0.3 is 0 Å². The summed E-state index contributed by atoms with van der Waals surface area (Å²) < 4.78 is 0. The van der Waals surface area contributed by atoms with Gasteiger partial charge in [-0.05, 0) is 31.2 Å². The van der Waals surface area contributed by atoms with Crippen LogP contribution in [0.15, 0.2) is 78.2 Å². The van der Waals surface area contributed by atoms with Crippen LogP contribution in [0.1, 0.15) is 26.3 Å². The number of benzene rings is 3. The van der Waals surface area contributed by atoms with Crippen LogP contribution in [0.3, 0.4) is 0 Å². The van der Waals surface area contributed by atoms with Gasteiger partial charge in [0.1, 0.15) is 5.01 Å². The number of thiazole rings is 1. The minimum Gasteiger partial charge on any atom is -0.268 e. The first-order valence-electron chi connectivity index (χ1n) is 9.22. The van der Waals surface area contributed by atoms with Crippen LogP contribution in [0.2, 0.25) is 0 Å². The lowest BCUT2D eigenvalue weighted by Gasteiger charge is -2.14. The molecule has 4 nitrogen and oxygen atoms in total. The predicted molar refractivity (Wildman–Crippen MR) is 115 cm³/mol. The molecule has 0 unspecified atom stereocenters. The van der Waals surface area contributed by atoms with E-state index in [0.717, 1.165) is 21.8 Å². The second-order valence-corrected chi connectivity index (χ2v) is 7.80. The van der Waals surface area contributed by atoms with Crippen molar-refractivity contribution in [1.29, 1.82) is 0 Å². The zero-order chi connectivity index (χ0) is 20.0. The molecule has 29 heavy (non-hydrogen) atoms. The van der Waals surface area contributed by atoms with Crippen molar-refractivity contribution < 1.29 is 9.59 Å². The second-order valence-electron chi connectivity index (χ2n) is 6.95. The molecule has 0 radical (unpaired) electrons.